The van der Waals surface area contributed by atoms with E-state index in [2.05, 4.69) is 0 Å². The number of ether oxygens (including phenoxy) is 2. The Hall–Kier alpha value is -2.85. The number of hydrogen-bond acceptors (Lipinski definition) is 7. The summed E-state index contributed by atoms with van der Waals surface area (Å²) in [6, 6.07) is 20.0. The van der Waals surface area contributed by atoms with Gasteiger partial charge in [-0.25, -0.2) is 8.42 Å². The summed E-state index contributed by atoms with van der Waals surface area (Å²) in [5.41, 5.74) is 2.50. The highest BCUT2D eigenvalue weighted by atomic mass is 32.2. The van der Waals surface area contributed by atoms with Crippen LogP contribution in [0.3, 0.4) is 0 Å². The Kier molecular flexibility index (Phi) is 7.34. The van der Waals surface area contributed by atoms with Gasteiger partial charge in [-0.15, -0.1) is 11.3 Å². The number of sulfonamides is 1. The highest BCUT2D eigenvalue weighted by molar-refractivity contribution is 7.91. The third kappa shape index (κ3) is 5.75. The zero-order valence-electron chi connectivity index (χ0n) is 17.8. The first-order valence-corrected chi connectivity index (χ1v) is 12.7. The van der Waals surface area contributed by atoms with Crippen molar-refractivity contribution in [2.45, 2.75) is 10.6 Å². The average Bonchev–Trinajstić information content (AvgIpc) is 3.33. The molecule has 0 N–H and O–H groups in total. The number of morpholine rings is 1. The Bertz CT molecular complexity index is 1210. The molecule has 1 aliphatic rings. The van der Waals surface area contributed by atoms with Gasteiger partial charge in [-0.3, -0.25) is 9.59 Å². The van der Waals surface area contributed by atoms with Crippen molar-refractivity contribution in [1.29, 1.82) is 0 Å². The highest BCUT2D eigenvalue weighted by Crippen LogP contribution is 2.26. The minimum atomic E-state index is -3.60. The molecule has 0 spiro atoms. The van der Waals surface area contributed by atoms with Crippen molar-refractivity contribution >= 4 is 33.1 Å². The summed E-state index contributed by atoms with van der Waals surface area (Å²) in [6.45, 7) is 0.992. The van der Waals surface area contributed by atoms with E-state index in [0.29, 0.717) is 36.7 Å². The van der Waals surface area contributed by atoms with Gasteiger partial charge in [0.25, 0.3) is 10.0 Å². The van der Waals surface area contributed by atoms with E-state index in [0.717, 1.165) is 22.5 Å². The molecule has 0 saturated carbocycles. The van der Waals surface area contributed by atoms with Gasteiger partial charge >= 0.3 is 5.97 Å². The van der Waals surface area contributed by atoms with Gasteiger partial charge in [0.15, 0.2) is 12.4 Å². The Morgan fingerprint density at radius 1 is 0.909 bits per heavy atom. The van der Waals surface area contributed by atoms with Crippen LogP contribution in [0.2, 0.25) is 0 Å². The molecule has 0 unspecified atom stereocenters. The number of ketones is 1. The Balaban J connectivity index is 1.30. The van der Waals surface area contributed by atoms with Crippen LogP contribution < -0.4 is 0 Å². The van der Waals surface area contributed by atoms with Gasteiger partial charge in [0.05, 0.1) is 19.6 Å². The maximum absolute atomic E-state index is 12.7. The minimum absolute atomic E-state index is 0.0937. The van der Waals surface area contributed by atoms with Crippen LogP contribution in [0.4, 0.5) is 0 Å². The lowest BCUT2D eigenvalue weighted by atomic mass is 10.0. The molecule has 33 heavy (non-hydrogen) atoms. The fourth-order valence-electron chi connectivity index (χ4n) is 3.41. The number of thiophene rings is 1. The van der Waals surface area contributed by atoms with E-state index < -0.39 is 16.0 Å². The predicted molar refractivity (Wildman–Crippen MR) is 125 cm³/mol. The zero-order valence-corrected chi connectivity index (χ0v) is 19.4. The molecule has 3 aromatic rings. The van der Waals surface area contributed by atoms with E-state index in [1.54, 1.807) is 18.2 Å². The van der Waals surface area contributed by atoms with Crippen molar-refractivity contribution in [3.8, 4) is 11.1 Å². The molecule has 1 aliphatic heterocycles. The summed E-state index contributed by atoms with van der Waals surface area (Å²) in [5.74, 6) is -0.883. The standard InChI is InChI=1S/C24H23NO6S2/c26-22(20-8-6-19(7-9-20)18-4-2-1-3-5-18)17-31-23(27)16-21-10-11-24(32-21)33(28,29)25-12-14-30-15-13-25/h1-11H,12-17H2. The maximum atomic E-state index is 12.7. The Labute approximate surface area is 196 Å². The van der Waals surface area contributed by atoms with E-state index >= 15 is 0 Å². The summed E-state index contributed by atoms with van der Waals surface area (Å²) in [7, 11) is -3.60. The molecule has 0 radical (unpaired) electrons. The van der Waals surface area contributed by atoms with Crippen LogP contribution in [0.1, 0.15) is 15.2 Å². The first-order chi connectivity index (χ1) is 15.9. The Morgan fingerprint density at radius 2 is 1.58 bits per heavy atom. The molecular formula is C24H23NO6S2. The van der Waals surface area contributed by atoms with E-state index in [4.69, 9.17) is 9.47 Å². The number of hydrogen-bond donors (Lipinski definition) is 0. The van der Waals surface area contributed by atoms with E-state index in [9.17, 15) is 18.0 Å². The summed E-state index contributed by atoms with van der Waals surface area (Å²) < 4.78 is 37.3. The lowest BCUT2D eigenvalue weighted by molar-refractivity contribution is -0.141. The molecule has 172 valence electrons. The zero-order chi connectivity index (χ0) is 23.3. The van der Waals surface area contributed by atoms with Crippen LogP contribution in [-0.4, -0.2) is 57.4 Å². The van der Waals surface area contributed by atoms with Gasteiger partial charge in [0.1, 0.15) is 4.21 Å². The number of carbonyl (C=O) groups excluding carboxylic acids is 2. The average molecular weight is 486 g/mol. The molecule has 4 rings (SSSR count). The van der Waals surface area contributed by atoms with Gasteiger partial charge < -0.3 is 9.47 Å². The van der Waals surface area contributed by atoms with Gasteiger partial charge in [0.2, 0.25) is 0 Å². The van der Waals surface area contributed by atoms with Gasteiger partial charge in [0, 0.05) is 23.5 Å². The summed E-state index contributed by atoms with van der Waals surface area (Å²) in [6.07, 6.45) is -0.0937. The number of esters is 1. The third-order valence-corrected chi connectivity index (χ3v) is 8.65. The second kappa shape index (κ2) is 10.4. The smallest absolute Gasteiger partial charge is 0.311 e. The van der Waals surface area contributed by atoms with Crippen molar-refractivity contribution in [3.05, 3.63) is 77.2 Å². The number of benzene rings is 2. The van der Waals surface area contributed by atoms with E-state index in [1.165, 1.54) is 10.4 Å². The van der Waals surface area contributed by atoms with Gasteiger partial charge in [-0.05, 0) is 23.3 Å². The highest BCUT2D eigenvalue weighted by Gasteiger charge is 2.28. The van der Waals surface area contributed by atoms with Crippen LogP contribution in [0.25, 0.3) is 11.1 Å². The molecule has 0 bridgehead atoms. The lowest BCUT2D eigenvalue weighted by Crippen LogP contribution is -2.40. The van der Waals surface area contributed by atoms with Crippen molar-refractivity contribution in [1.82, 2.24) is 4.31 Å². The van der Waals surface area contributed by atoms with E-state index in [-0.39, 0.29) is 23.0 Å². The van der Waals surface area contributed by atoms with Crippen LogP contribution in [0.15, 0.2) is 70.9 Å². The number of rotatable bonds is 8. The van der Waals surface area contributed by atoms with Gasteiger partial charge in [-0.2, -0.15) is 4.31 Å². The largest absolute Gasteiger partial charge is 0.457 e. The van der Waals surface area contributed by atoms with Crippen molar-refractivity contribution in [2.24, 2.45) is 0 Å². The molecule has 0 amide bonds. The lowest BCUT2D eigenvalue weighted by Gasteiger charge is -2.25. The van der Waals surface area contributed by atoms with Crippen LogP contribution in [-0.2, 0) is 30.7 Å². The molecule has 1 saturated heterocycles. The molecule has 1 aromatic heterocycles. The van der Waals surface area contributed by atoms with Crippen LogP contribution in [0.5, 0.6) is 0 Å². The molecule has 2 aromatic carbocycles. The topological polar surface area (TPSA) is 90.0 Å². The van der Waals surface area contributed by atoms with Crippen molar-refractivity contribution in [2.75, 3.05) is 32.9 Å². The normalized spacial score (nSPS) is 14.7. The second-order valence-corrected chi connectivity index (χ2v) is 10.8. The minimum Gasteiger partial charge on any atom is -0.457 e. The first kappa shape index (κ1) is 23.3. The molecule has 0 aliphatic carbocycles. The van der Waals surface area contributed by atoms with Crippen LogP contribution in [0, 0.1) is 0 Å². The molecule has 7 nitrogen and oxygen atoms in total. The Morgan fingerprint density at radius 3 is 2.27 bits per heavy atom. The summed E-state index contributed by atoms with van der Waals surface area (Å²) >= 11 is 1.04. The van der Waals surface area contributed by atoms with Crippen molar-refractivity contribution in [3.63, 3.8) is 0 Å². The SMILES string of the molecule is O=C(Cc1ccc(S(=O)(=O)N2CCOCC2)s1)OCC(=O)c1ccc(-c2ccccc2)cc1. The molecular weight excluding hydrogens is 462 g/mol. The molecule has 1 fully saturated rings. The fourth-order valence-corrected chi connectivity index (χ4v) is 6.31. The van der Waals surface area contributed by atoms with Crippen LogP contribution >= 0.6 is 11.3 Å². The molecule has 9 heteroatoms. The first-order valence-electron chi connectivity index (χ1n) is 10.4. The monoisotopic (exact) mass is 485 g/mol. The predicted octanol–water partition coefficient (Wildman–Crippen LogP) is 3.40. The molecule has 0 atom stereocenters. The second-order valence-electron chi connectivity index (χ2n) is 7.44. The number of nitrogens with zero attached hydrogens (tertiary/aromatic N) is 1. The number of Topliss-reactive ketones (excluding diaryl/α,β-unsaturated/α-hetero) is 1. The summed E-state index contributed by atoms with van der Waals surface area (Å²) in [5, 5.41) is 0. The van der Waals surface area contributed by atoms with Crippen molar-refractivity contribution < 1.29 is 27.5 Å². The third-order valence-electron chi connectivity index (χ3n) is 5.20. The fraction of sp³-hybridized carbons (Fsp3) is 0.250. The summed E-state index contributed by atoms with van der Waals surface area (Å²) in [4.78, 5) is 25.2. The number of carbonyl (C=O) groups is 2. The van der Waals surface area contributed by atoms with E-state index in [1.807, 2.05) is 42.5 Å². The molecule has 2 heterocycles. The maximum Gasteiger partial charge on any atom is 0.311 e. The quantitative estimate of drug-likeness (QED) is 0.359. The van der Waals surface area contributed by atoms with Gasteiger partial charge in [-0.1, -0.05) is 54.6 Å².